The van der Waals surface area contributed by atoms with Gasteiger partial charge in [0, 0.05) is 0 Å². The van der Waals surface area contributed by atoms with Gasteiger partial charge in [-0.15, -0.1) is 0 Å². The summed E-state index contributed by atoms with van der Waals surface area (Å²) in [7, 11) is 2.99. The van der Waals surface area contributed by atoms with Crippen LogP contribution in [0, 0.1) is 7.11 Å². The van der Waals surface area contributed by atoms with Crippen LogP contribution in [-0.2, 0) is 4.74 Å². The van der Waals surface area contributed by atoms with Gasteiger partial charge < -0.3 is 4.74 Å². The number of halogens is 3. The molecule has 0 aliphatic carbocycles. The molecule has 0 rings (SSSR count). The Labute approximate surface area is 60.8 Å². The fraction of sp³-hybridized carbons (Fsp3) is 0.400. The summed E-state index contributed by atoms with van der Waals surface area (Å²) in [5.41, 5.74) is 0. The monoisotopic (exact) mass is 199 g/mol. The summed E-state index contributed by atoms with van der Waals surface area (Å²) >= 11 is 2.11. The summed E-state index contributed by atoms with van der Waals surface area (Å²) < 4.78 is 27.8. The van der Waals surface area contributed by atoms with E-state index in [0.717, 1.165) is 0 Å². The van der Waals surface area contributed by atoms with Crippen LogP contribution in [0.4, 0.5) is 8.78 Å². The lowest BCUT2D eigenvalue weighted by atomic mass is 10.5. The molecule has 0 saturated carbocycles. The second-order valence-electron chi connectivity index (χ2n) is 1.31. The number of rotatable bonds is 3. The summed E-state index contributed by atoms with van der Waals surface area (Å²) in [4.78, 5) is -2.93. The summed E-state index contributed by atoms with van der Waals surface area (Å²) in [6.45, 7) is 0.0984. The molecule has 9 heavy (non-hydrogen) atoms. The Morgan fingerprint density at radius 1 is 1.67 bits per heavy atom. The number of allylic oxidation sites excluding steroid dienone is 1. The van der Waals surface area contributed by atoms with E-state index < -0.39 is 4.83 Å². The standard InChI is InChI=1S/C5H6BrF2O/c1-9-4-2-3-5(6,7)8/h2-3H,1,4H2. The fourth-order valence-corrected chi connectivity index (χ4v) is 0.437. The van der Waals surface area contributed by atoms with Crippen molar-refractivity contribution in [1.82, 2.24) is 0 Å². The zero-order valence-corrected chi connectivity index (χ0v) is 6.20. The van der Waals surface area contributed by atoms with Crippen molar-refractivity contribution in [1.29, 1.82) is 0 Å². The first-order valence-electron chi connectivity index (χ1n) is 2.17. The Hall–Kier alpha value is 0.0400. The normalized spacial score (nSPS) is 12.9. The van der Waals surface area contributed by atoms with Crippen LogP contribution in [0.2, 0.25) is 0 Å². The van der Waals surface area contributed by atoms with E-state index in [1.807, 2.05) is 0 Å². The third kappa shape index (κ3) is 8.04. The van der Waals surface area contributed by atoms with Gasteiger partial charge in [-0.25, -0.2) is 0 Å². The van der Waals surface area contributed by atoms with Crippen molar-refractivity contribution < 1.29 is 13.5 Å². The van der Waals surface area contributed by atoms with E-state index in [0.29, 0.717) is 6.08 Å². The van der Waals surface area contributed by atoms with Gasteiger partial charge in [-0.2, -0.15) is 8.78 Å². The van der Waals surface area contributed by atoms with Crippen LogP contribution in [0.5, 0.6) is 0 Å². The molecule has 0 fully saturated rings. The molecule has 0 aliphatic heterocycles. The summed E-state index contributed by atoms with van der Waals surface area (Å²) in [6, 6.07) is 0. The van der Waals surface area contributed by atoms with E-state index in [-0.39, 0.29) is 6.61 Å². The van der Waals surface area contributed by atoms with Gasteiger partial charge in [-0.1, -0.05) is 6.08 Å². The molecule has 0 atom stereocenters. The van der Waals surface area contributed by atoms with Crippen LogP contribution < -0.4 is 0 Å². The smallest absolute Gasteiger partial charge is 0.320 e. The van der Waals surface area contributed by atoms with Crippen LogP contribution in [-0.4, -0.2) is 11.4 Å². The molecule has 53 valence electrons. The molecule has 0 amide bonds. The number of ether oxygens (including phenoxy) is 1. The molecule has 0 aromatic rings. The van der Waals surface area contributed by atoms with Gasteiger partial charge in [0.15, 0.2) is 0 Å². The van der Waals surface area contributed by atoms with Crippen molar-refractivity contribution >= 4 is 15.9 Å². The molecular weight excluding hydrogens is 194 g/mol. The number of hydrogen-bond donors (Lipinski definition) is 0. The molecule has 4 heteroatoms. The first-order valence-corrected chi connectivity index (χ1v) is 2.97. The Morgan fingerprint density at radius 3 is 2.56 bits per heavy atom. The van der Waals surface area contributed by atoms with Crippen LogP contribution in [0.25, 0.3) is 0 Å². The average Bonchev–Trinajstić information content (AvgIpc) is 1.63. The Balaban J connectivity index is 3.45. The highest BCUT2D eigenvalue weighted by Gasteiger charge is 2.17. The third-order valence-corrected chi connectivity index (χ3v) is 0.785. The van der Waals surface area contributed by atoms with E-state index in [1.165, 1.54) is 6.08 Å². The zero-order valence-electron chi connectivity index (χ0n) is 4.61. The van der Waals surface area contributed by atoms with Crippen molar-refractivity contribution in [3.05, 3.63) is 19.3 Å². The topological polar surface area (TPSA) is 9.23 Å². The maximum atomic E-state index is 11.8. The second-order valence-corrected chi connectivity index (χ2v) is 2.37. The minimum atomic E-state index is -2.93. The molecule has 0 N–H and O–H groups in total. The van der Waals surface area contributed by atoms with Crippen LogP contribution in [0.15, 0.2) is 12.2 Å². The molecule has 0 heterocycles. The molecule has 1 radical (unpaired) electrons. The van der Waals surface area contributed by atoms with Crippen LogP contribution in [0.1, 0.15) is 0 Å². The lowest BCUT2D eigenvalue weighted by molar-refractivity contribution is 0.169. The number of hydrogen-bond acceptors (Lipinski definition) is 1. The van der Waals surface area contributed by atoms with Gasteiger partial charge in [-0.05, 0) is 22.0 Å². The molecule has 0 saturated heterocycles. The van der Waals surface area contributed by atoms with Gasteiger partial charge in [0.25, 0.3) is 0 Å². The minimum Gasteiger partial charge on any atom is -0.375 e. The van der Waals surface area contributed by atoms with E-state index in [4.69, 9.17) is 0 Å². The fourth-order valence-electron chi connectivity index (χ4n) is 0.250. The molecule has 0 unspecified atom stereocenters. The van der Waals surface area contributed by atoms with Crippen LogP contribution >= 0.6 is 15.9 Å². The van der Waals surface area contributed by atoms with Gasteiger partial charge in [0.05, 0.1) is 13.7 Å². The maximum absolute atomic E-state index is 11.8. The molecular formula is C5H6BrF2O. The number of alkyl halides is 3. The van der Waals surface area contributed by atoms with Crippen molar-refractivity contribution in [2.24, 2.45) is 0 Å². The lowest BCUT2D eigenvalue weighted by Gasteiger charge is -1.98. The molecule has 0 aromatic carbocycles. The minimum absolute atomic E-state index is 0.0984. The van der Waals surface area contributed by atoms with Crippen molar-refractivity contribution in [3.63, 3.8) is 0 Å². The van der Waals surface area contributed by atoms with Gasteiger partial charge in [0.2, 0.25) is 0 Å². The lowest BCUT2D eigenvalue weighted by Crippen LogP contribution is -1.98. The molecule has 0 bridgehead atoms. The molecule has 1 nitrogen and oxygen atoms in total. The summed E-state index contributed by atoms with van der Waals surface area (Å²) in [5, 5.41) is 0. The van der Waals surface area contributed by atoms with E-state index in [9.17, 15) is 8.78 Å². The van der Waals surface area contributed by atoms with Crippen molar-refractivity contribution in [2.45, 2.75) is 4.83 Å². The predicted molar refractivity (Wildman–Crippen MR) is 34.3 cm³/mol. The zero-order chi connectivity index (χ0) is 7.33. The Bertz CT molecular complexity index is 97.6. The quantitative estimate of drug-likeness (QED) is 0.501. The SMILES string of the molecule is [CH2]OCC=CC(F)(F)Br. The largest absolute Gasteiger partial charge is 0.375 e. The van der Waals surface area contributed by atoms with Crippen molar-refractivity contribution in [3.8, 4) is 0 Å². The Kier molecular flexibility index (Phi) is 3.97. The summed E-state index contributed by atoms with van der Waals surface area (Å²) in [6.07, 6.45) is 1.87. The predicted octanol–water partition coefficient (Wildman–Crippen LogP) is 2.34. The molecule has 0 aliphatic rings. The summed E-state index contributed by atoms with van der Waals surface area (Å²) in [5.74, 6) is 0. The third-order valence-electron chi connectivity index (χ3n) is 0.521. The van der Waals surface area contributed by atoms with Crippen LogP contribution in [0.3, 0.4) is 0 Å². The highest BCUT2D eigenvalue weighted by Crippen LogP contribution is 2.22. The second kappa shape index (κ2) is 3.95. The molecule has 0 spiro atoms. The highest BCUT2D eigenvalue weighted by atomic mass is 79.9. The first-order chi connectivity index (χ1) is 4.06. The van der Waals surface area contributed by atoms with Gasteiger partial charge in [-0.3, -0.25) is 0 Å². The van der Waals surface area contributed by atoms with E-state index in [1.54, 1.807) is 0 Å². The van der Waals surface area contributed by atoms with Gasteiger partial charge >= 0.3 is 4.83 Å². The first kappa shape index (κ1) is 9.04. The van der Waals surface area contributed by atoms with Gasteiger partial charge in [0.1, 0.15) is 0 Å². The Morgan fingerprint density at radius 2 is 2.22 bits per heavy atom. The van der Waals surface area contributed by atoms with Crippen molar-refractivity contribution in [2.75, 3.05) is 6.61 Å². The van der Waals surface area contributed by atoms with E-state index >= 15 is 0 Å². The van der Waals surface area contributed by atoms with E-state index in [2.05, 4.69) is 27.8 Å². The highest BCUT2D eigenvalue weighted by molar-refractivity contribution is 9.10. The average molecular weight is 200 g/mol. The maximum Gasteiger partial charge on any atom is 0.320 e. The molecule has 0 aromatic heterocycles.